The second-order valence-corrected chi connectivity index (χ2v) is 3.45. The molecule has 0 atom stereocenters. The van der Waals surface area contributed by atoms with Gasteiger partial charge in [-0.25, -0.2) is 0 Å². The lowest BCUT2D eigenvalue weighted by Gasteiger charge is -2.17. The molecular formula is C12H21NO. The van der Waals surface area contributed by atoms with E-state index in [1.54, 1.807) is 0 Å². The molecule has 2 N–H and O–H groups in total. The molecule has 0 aliphatic rings. The minimum atomic E-state index is 0. The Morgan fingerprint density at radius 2 is 1.50 bits per heavy atom. The standard InChI is InChI=1S/C12H19N.H2O/c1-4-13(5-2)10-12-8-6-11(3)7-9-12;/h6-9H,4-5,10H2,1-3H3;1H2. The van der Waals surface area contributed by atoms with Gasteiger partial charge in [-0.15, -0.1) is 0 Å². The van der Waals surface area contributed by atoms with E-state index in [1.807, 2.05) is 0 Å². The molecule has 0 saturated heterocycles. The lowest BCUT2D eigenvalue weighted by Crippen LogP contribution is -2.21. The van der Waals surface area contributed by atoms with Gasteiger partial charge < -0.3 is 5.48 Å². The molecular weight excluding hydrogens is 174 g/mol. The summed E-state index contributed by atoms with van der Waals surface area (Å²) in [7, 11) is 0. The van der Waals surface area contributed by atoms with Gasteiger partial charge in [-0.05, 0) is 25.6 Å². The highest BCUT2D eigenvalue weighted by molar-refractivity contribution is 5.21. The summed E-state index contributed by atoms with van der Waals surface area (Å²) in [6.07, 6.45) is 0. The van der Waals surface area contributed by atoms with Crippen LogP contribution in [0.1, 0.15) is 25.0 Å². The average molecular weight is 195 g/mol. The smallest absolute Gasteiger partial charge is 0.0233 e. The highest BCUT2D eigenvalue weighted by atomic mass is 16.0. The van der Waals surface area contributed by atoms with E-state index < -0.39 is 0 Å². The average Bonchev–Trinajstić information content (AvgIpc) is 2.17. The van der Waals surface area contributed by atoms with E-state index in [0.717, 1.165) is 19.6 Å². The summed E-state index contributed by atoms with van der Waals surface area (Å²) in [5.41, 5.74) is 2.75. The Hall–Kier alpha value is -0.860. The van der Waals surface area contributed by atoms with Crippen molar-refractivity contribution in [2.24, 2.45) is 0 Å². The summed E-state index contributed by atoms with van der Waals surface area (Å²) in [5.74, 6) is 0. The maximum atomic E-state index is 2.42. The normalized spacial score (nSPS) is 10.0. The summed E-state index contributed by atoms with van der Waals surface area (Å²) >= 11 is 0. The van der Waals surface area contributed by atoms with Gasteiger partial charge in [0.2, 0.25) is 0 Å². The highest BCUT2D eigenvalue weighted by Gasteiger charge is 1.99. The van der Waals surface area contributed by atoms with Gasteiger partial charge in [0, 0.05) is 6.54 Å². The van der Waals surface area contributed by atoms with Crippen LogP contribution in [0.3, 0.4) is 0 Å². The predicted molar refractivity (Wildman–Crippen MR) is 61.4 cm³/mol. The van der Waals surface area contributed by atoms with Gasteiger partial charge in [-0.1, -0.05) is 43.7 Å². The zero-order valence-corrected chi connectivity index (χ0v) is 9.38. The fraction of sp³-hybridized carbons (Fsp3) is 0.500. The van der Waals surface area contributed by atoms with Crippen LogP contribution in [0.4, 0.5) is 0 Å². The van der Waals surface area contributed by atoms with Crippen LogP contribution in [0.5, 0.6) is 0 Å². The quantitative estimate of drug-likeness (QED) is 0.723. The van der Waals surface area contributed by atoms with Gasteiger partial charge in [0.25, 0.3) is 0 Å². The van der Waals surface area contributed by atoms with E-state index in [9.17, 15) is 0 Å². The van der Waals surface area contributed by atoms with Crippen molar-refractivity contribution in [2.75, 3.05) is 13.1 Å². The molecule has 0 spiro atoms. The van der Waals surface area contributed by atoms with E-state index in [4.69, 9.17) is 0 Å². The maximum absolute atomic E-state index is 2.42. The van der Waals surface area contributed by atoms with Crippen LogP contribution in [-0.2, 0) is 6.54 Å². The van der Waals surface area contributed by atoms with Gasteiger partial charge >= 0.3 is 0 Å². The second-order valence-electron chi connectivity index (χ2n) is 3.45. The van der Waals surface area contributed by atoms with Crippen LogP contribution in [0.15, 0.2) is 24.3 Å². The molecule has 0 amide bonds. The fourth-order valence-corrected chi connectivity index (χ4v) is 1.40. The molecule has 80 valence electrons. The summed E-state index contributed by atoms with van der Waals surface area (Å²) in [6, 6.07) is 8.79. The lowest BCUT2D eigenvalue weighted by molar-refractivity contribution is 0.296. The second kappa shape index (κ2) is 6.57. The molecule has 0 aliphatic carbocycles. The molecule has 0 unspecified atom stereocenters. The van der Waals surface area contributed by atoms with Gasteiger partial charge in [-0.3, -0.25) is 4.90 Å². The van der Waals surface area contributed by atoms with Crippen molar-refractivity contribution in [2.45, 2.75) is 27.3 Å². The van der Waals surface area contributed by atoms with Gasteiger partial charge in [0.15, 0.2) is 0 Å². The summed E-state index contributed by atoms with van der Waals surface area (Å²) < 4.78 is 0. The van der Waals surface area contributed by atoms with Crippen molar-refractivity contribution < 1.29 is 5.48 Å². The topological polar surface area (TPSA) is 34.7 Å². The third-order valence-corrected chi connectivity index (χ3v) is 2.42. The minimum absolute atomic E-state index is 0. The van der Waals surface area contributed by atoms with E-state index >= 15 is 0 Å². The Kier molecular flexibility index (Phi) is 6.17. The first-order chi connectivity index (χ1) is 6.26. The molecule has 14 heavy (non-hydrogen) atoms. The molecule has 0 heterocycles. The summed E-state index contributed by atoms with van der Waals surface area (Å²) in [4.78, 5) is 2.42. The molecule has 0 bridgehead atoms. The van der Waals surface area contributed by atoms with Crippen LogP contribution in [0, 0.1) is 6.92 Å². The lowest BCUT2D eigenvalue weighted by atomic mass is 10.1. The third-order valence-electron chi connectivity index (χ3n) is 2.42. The van der Waals surface area contributed by atoms with Crippen LogP contribution in [-0.4, -0.2) is 23.5 Å². The Labute approximate surface area is 86.9 Å². The van der Waals surface area contributed by atoms with Crippen molar-refractivity contribution in [3.8, 4) is 0 Å². The van der Waals surface area contributed by atoms with E-state index in [-0.39, 0.29) is 5.48 Å². The molecule has 1 aromatic rings. The molecule has 1 rings (SSSR count). The number of nitrogens with zero attached hydrogens (tertiary/aromatic N) is 1. The molecule has 0 aromatic heterocycles. The number of hydrogen-bond donors (Lipinski definition) is 0. The van der Waals surface area contributed by atoms with Gasteiger partial charge in [-0.2, -0.15) is 0 Å². The molecule has 0 aliphatic heterocycles. The molecule has 0 radical (unpaired) electrons. The number of aryl methyl sites for hydroxylation is 1. The molecule has 1 aromatic carbocycles. The molecule has 0 fully saturated rings. The van der Waals surface area contributed by atoms with Gasteiger partial charge in [0.1, 0.15) is 0 Å². The van der Waals surface area contributed by atoms with E-state index in [0.29, 0.717) is 0 Å². The Bertz CT molecular complexity index is 239. The summed E-state index contributed by atoms with van der Waals surface area (Å²) in [6.45, 7) is 9.87. The van der Waals surface area contributed by atoms with Crippen molar-refractivity contribution in [1.82, 2.24) is 4.90 Å². The zero-order valence-electron chi connectivity index (χ0n) is 9.38. The van der Waals surface area contributed by atoms with Crippen LogP contribution in [0.2, 0.25) is 0 Å². The van der Waals surface area contributed by atoms with E-state index in [2.05, 4.69) is 49.9 Å². The number of rotatable bonds is 4. The highest BCUT2D eigenvalue weighted by Crippen LogP contribution is 2.06. The first-order valence-corrected chi connectivity index (χ1v) is 5.04. The Morgan fingerprint density at radius 1 is 1.00 bits per heavy atom. The first kappa shape index (κ1) is 13.1. The molecule has 2 heteroatoms. The Balaban J connectivity index is 0.00000169. The largest absolute Gasteiger partial charge is 0.412 e. The monoisotopic (exact) mass is 195 g/mol. The fourth-order valence-electron chi connectivity index (χ4n) is 1.40. The molecule has 0 saturated carbocycles. The van der Waals surface area contributed by atoms with Crippen LogP contribution >= 0.6 is 0 Å². The minimum Gasteiger partial charge on any atom is -0.412 e. The number of hydrogen-bond acceptors (Lipinski definition) is 1. The Morgan fingerprint density at radius 3 is 1.93 bits per heavy atom. The third kappa shape index (κ3) is 3.90. The van der Waals surface area contributed by atoms with Gasteiger partial charge in [0.05, 0.1) is 0 Å². The zero-order chi connectivity index (χ0) is 9.68. The van der Waals surface area contributed by atoms with Crippen LogP contribution < -0.4 is 0 Å². The van der Waals surface area contributed by atoms with Crippen molar-refractivity contribution in [1.29, 1.82) is 0 Å². The van der Waals surface area contributed by atoms with E-state index in [1.165, 1.54) is 11.1 Å². The van der Waals surface area contributed by atoms with Crippen molar-refractivity contribution in [3.63, 3.8) is 0 Å². The predicted octanol–water partition coefficient (Wildman–Crippen LogP) is 2.01. The van der Waals surface area contributed by atoms with Crippen molar-refractivity contribution >= 4 is 0 Å². The van der Waals surface area contributed by atoms with Crippen molar-refractivity contribution in [3.05, 3.63) is 35.4 Å². The van der Waals surface area contributed by atoms with Crippen LogP contribution in [0.25, 0.3) is 0 Å². The maximum Gasteiger partial charge on any atom is 0.0233 e. The first-order valence-electron chi connectivity index (χ1n) is 5.04. The summed E-state index contributed by atoms with van der Waals surface area (Å²) in [5, 5.41) is 0. The molecule has 2 nitrogen and oxygen atoms in total. The SMILES string of the molecule is CCN(CC)Cc1ccc(C)cc1.O. The number of benzene rings is 1.